The van der Waals surface area contributed by atoms with E-state index in [0.717, 1.165) is 16.0 Å². The molecule has 3 amide bonds. The van der Waals surface area contributed by atoms with Crippen LogP contribution in [-0.2, 0) is 4.79 Å². The molecule has 3 heterocycles. The highest BCUT2D eigenvalue weighted by molar-refractivity contribution is 7.12. The van der Waals surface area contributed by atoms with Crippen LogP contribution in [0.5, 0.6) is 5.75 Å². The van der Waals surface area contributed by atoms with Crippen molar-refractivity contribution < 1.29 is 14.3 Å². The number of amides is 3. The van der Waals surface area contributed by atoms with Crippen molar-refractivity contribution in [3.05, 3.63) is 86.0 Å². The highest BCUT2D eigenvalue weighted by atomic mass is 35.5. The van der Waals surface area contributed by atoms with Crippen LogP contribution in [0.1, 0.15) is 35.0 Å². The van der Waals surface area contributed by atoms with E-state index in [9.17, 15) is 9.59 Å². The van der Waals surface area contributed by atoms with Gasteiger partial charge in [0.15, 0.2) is 5.84 Å². The fourth-order valence-electron chi connectivity index (χ4n) is 5.02. The van der Waals surface area contributed by atoms with Crippen molar-refractivity contribution in [2.24, 2.45) is 10.7 Å². The first-order valence-electron chi connectivity index (χ1n) is 12.7. The average Bonchev–Trinajstić information content (AvgIpc) is 3.54. The number of urea groups is 1. The minimum atomic E-state index is -0.425. The lowest BCUT2D eigenvalue weighted by molar-refractivity contribution is -0.119. The molecule has 2 atom stereocenters. The molecular weight excluding hydrogens is 557 g/mol. The van der Waals surface area contributed by atoms with Crippen molar-refractivity contribution >= 4 is 52.3 Å². The molecule has 2 aromatic carbocycles. The van der Waals surface area contributed by atoms with Crippen molar-refractivity contribution in [3.63, 3.8) is 0 Å². The summed E-state index contributed by atoms with van der Waals surface area (Å²) in [5, 5.41) is 3.19. The van der Waals surface area contributed by atoms with Crippen LogP contribution < -0.4 is 10.5 Å². The Morgan fingerprint density at radius 1 is 0.974 bits per heavy atom. The normalized spacial score (nSPS) is 19.7. The minimum Gasteiger partial charge on any atom is -0.492 e. The fourth-order valence-corrected chi connectivity index (χ4v) is 6.10. The third-order valence-electron chi connectivity index (χ3n) is 6.85. The number of carbonyl (C=O) groups is 2. The topological polar surface area (TPSA) is 91.5 Å². The quantitative estimate of drug-likeness (QED) is 0.411. The van der Waals surface area contributed by atoms with Gasteiger partial charge in [-0.15, -0.1) is 11.3 Å². The standard InChI is InChI=1S/C28H29Cl2N5O3S/c1-2-38-22-11-16-39-26(22)27-32-24(18-3-7-20(29)8-4-18)25(19-5-9-21(30)10-6-19)35(27)28(37)34-14-12-33(13-15-34)17-23(31)36/h3-11,16,24-25H,2,12-15,17H2,1H3,(H2,31,36). The van der Waals surface area contributed by atoms with E-state index in [-0.39, 0.29) is 24.5 Å². The zero-order valence-corrected chi connectivity index (χ0v) is 23.8. The van der Waals surface area contributed by atoms with Gasteiger partial charge in [0.1, 0.15) is 16.7 Å². The molecule has 2 aliphatic heterocycles. The number of hydrogen-bond donors (Lipinski definition) is 1. The Labute approximate surface area is 241 Å². The maximum Gasteiger partial charge on any atom is 0.326 e. The smallest absolute Gasteiger partial charge is 0.326 e. The van der Waals surface area contributed by atoms with E-state index < -0.39 is 6.04 Å². The second kappa shape index (κ2) is 12.0. The fraction of sp³-hybridized carbons (Fsp3) is 0.321. The van der Waals surface area contributed by atoms with Crippen molar-refractivity contribution in [3.8, 4) is 5.75 Å². The van der Waals surface area contributed by atoms with Crippen LogP contribution in [-0.4, -0.2) is 71.8 Å². The molecule has 39 heavy (non-hydrogen) atoms. The molecule has 1 fully saturated rings. The highest BCUT2D eigenvalue weighted by Gasteiger charge is 2.45. The van der Waals surface area contributed by atoms with E-state index in [1.54, 1.807) is 4.90 Å². The molecule has 8 nitrogen and oxygen atoms in total. The summed E-state index contributed by atoms with van der Waals surface area (Å²) < 4.78 is 5.92. The lowest BCUT2D eigenvalue weighted by Crippen LogP contribution is -2.55. The van der Waals surface area contributed by atoms with Crippen LogP contribution in [0.25, 0.3) is 0 Å². The van der Waals surface area contributed by atoms with E-state index >= 15 is 0 Å². The van der Waals surface area contributed by atoms with Gasteiger partial charge in [0.05, 0.1) is 19.2 Å². The lowest BCUT2D eigenvalue weighted by Gasteiger charge is -2.38. The number of carbonyl (C=O) groups excluding carboxylic acids is 2. The predicted molar refractivity (Wildman–Crippen MR) is 155 cm³/mol. The summed E-state index contributed by atoms with van der Waals surface area (Å²) in [4.78, 5) is 37.3. The Morgan fingerprint density at radius 3 is 2.18 bits per heavy atom. The molecule has 11 heteroatoms. The molecule has 0 saturated carbocycles. The van der Waals surface area contributed by atoms with Gasteiger partial charge in [-0.1, -0.05) is 47.5 Å². The summed E-state index contributed by atoms with van der Waals surface area (Å²) in [6.07, 6.45) is 0. The Kier molecular flexibility index (Phi) is 8.42. The number of ether oxygens (including phenoxy) is 1. The maximum atomic E-state index is 14.4. The van der Waals surface area contributed by atoms with E-state index in [1.165, 1.54) is 11.3 Å². The molecule has 2 unspecified atom stereocenters. The molecule has 2 aliphatic rings. The van der Waals surface area contributed by atoms with Gasteiger partial charge in [-0.3, -0.25) is 19.6 Å². The summed E-state index contributed by atoms with van der Waals surface area (Å²) >= 11 is 13.9. The van der Waals surface area contributed by atoms with Gasteiger partial charge in [-0.25, -0.2) is 4.79 Å². The molecule has 0 bridgehead atoms. The molecule has 0 radical (unpaired) electrons. The second-order valence-electron chi connectivity index (χ2n) is 9.37. The van der Waals surface area contributed by atoms with E-state index in [4.69, 9.17) is 38.7 Å². The number of aliphatic imine (C=N–C) groups is 1. The number of rotatable bonds is 7. The molecule has 5 rings (SSSR count). The number of primary amides is 1. The van der Waals surface area contributed by atoms with Crippen LogP contribution in [0.15, 0.2) is 65.0 Å². The summed E-state index contributed by atoms with van der Waals surface area (Å²) in [6, 6.07) is 16.1. The SMILES string of the molecule is CCOc1ccsc1C1=NC(c2ccc(Cl)cc2)C(c2ccc(Cl)cc2)N1C(=O)N1CCN(CC(N)=O)CC1. The molecule has 1 saturated heterocycles. The van der Waals surface area contributed by atoms with Gasteiger partial charge in [0.2, 0.25) is 5.91 Å². The predicted octanol–water partition coefficient (Wildman–Crippen LogP) is 5.22. The van der Waals surface area contributed by atoms with Crippen LogP contribution in [0, 0.1) is 0 Å². The van der Waals surface area contributed by atoms with Crippen LogP contribution >= 0.6 is 34.5 Å². The van der Waals surface area contributed by atoms with E-state index in [0.29, 0.717) is 54.4 Å². The Bertz CT molecular complexity index is 1350. The number of amidine groups is 1. The van der Waals surface area contributed by atoms with E-state index in [2.05, 4.69) is 0 Å². The van der Waals surface area contributed by atoms with Crippen LogP contribution in [0.4, 0.5) is 4.79 Å². The molecular formula is C28H29Cl2N5O3S. The third kappa shape index (κ3) is 5.91. The zero-order valence-electron chi connectivity index (χ0n) is 21.4. The number of nitrogens with zero attached hydrogens (tertiary/aromatic N) is 4. The Hall–Kier alpha value is -3.11. The van der Waals surface area contributed by atoms with Crippen LogP contribution in [0.2, 0.25) is 10.0 Å². The molecule has 204 valence electrons. The van der Waals surface area contributed by atoms with Gasteiger partial charge < -0.3 is 15.4 Å². The first-order chi connectivity index (χ1) is 18.9. The van der Waals surface area contributed by atoms with Gasteiger partial charge in [0, 0.05) is 36.2 Å². The van der Waals surface area contributed by atoms with Crippen molar-refractivity contribution in [1.29, 1.82) is 0 Å². The van der Waals surface area contributed by atoms with Gasteiger partial charge in [0.25, 0.3) is 0 Å². The lowest BCUT2D eigenvalue weighted by atomic mass is 9.94. The van der Waals surface area contributed by atoms with Crippen molar-refractivity contribution in [2.45, 2.75) is 19.0 Å². The number of nitrogens with two attached hydrogens (primary N) is 1. The van der Waals surface area contributed by atoms with Crippen LogP contribution in [0.3, 0.4) is 0 Å². The third-order valence-corrected chi connectivity index (χ3v) is 8.25. The number of thiophene rings is 1. The summed E-state index contributed by atoms with van der Waals surface area (Å²) in [5.74, 6) is 0.883. The first-order valence-corrected chi connectivity index (χ1v) is 14.4. The van der Waals surface area contributed by atoms with Gasteiger partial charge in [-0.2, -0.15) is 0 Å². The zero-order chi connectivity index (χ0) is 27.5. The van der Waals surface area contributed by atoms with Crippen molar-refractivity contribution in [2.75, 3.05) is 39.3 Å². The number of hydrogen-bond acceptors (Lipinski definition) is 6. The van der Waals surface area contributed by atoms with Crippen molar-refractivity contribution in [1.82, 2.24) is 14.7 Å². The average molecular weight is 587 g/mol. The first kappa shape index (κ1) is 27.5. The Balaban J connectivity index is 1.58. The number of piperazine rings is 1. The maximum absolute atomic E-state index is 14.4. The molecule has 3 aromatic rings. The second-order valence-corrected chi connectivity index (χ2v) is 11.2. The summed E-state index contributed by atoms with van der Waals surface area (Å²) in [7, 11) is 0. The molecule has 0 spiro atoms. The summed E-state index contributed by atoms with van der Waals surface area (Å²) in [5.41, 5.74) is 7.24. The van der Waals surface area contributed by atoms with Gasteiger partial charge >= 0.3 is 6.03 Å². The highest BCUT2D eigenvalue weighted by Crippen LogP contribution is 2.46. The monoisotopic (exact) mass is 585 g/mol. The largest absolute Gasteiger partial charge is 0.492 e. The number of benzene rings is 2. The number of halogens is 2. The Morgan fingerprint density at radius 2 is 1.59 bits per heavy atom. The minimum absolute atomic E-state index is 0.153. The molecule has 2 N–H and O–H groups in total. The summed E-state index contributed by atoms with van der Waals surface area (Å²) in [6.45, 7) is 4.66. The molecule has 1 aromatic heterocycles. The molecule has 0 aliphatic carbocycles. The van der Waals surface area contributed by atoms with Gasteiger partial charge in [-0.05, 0) is 53.8 Å². The van der Waals surface area contributed by atoms with E-state index in [1.807, 2.05) is 76.7 Å².